The summed E-state index contributed by atoms with van der Waals surface area (Å²) >= 11 is 1.66. The molecule has 0 fully saturated rings. The molecule has 1 amide bonds. The summed E-state index contributed by atoms with van der Waals surface area (Å²) in [7, 11) is 0. The Hall–Kier alpha value is -2.40. The number of hydrogen-bond acceptors (Lipinski definition) is 3. The molecule has 124 valence electrons. The first-order valence-corrected chi connectivity index (χ1v) is 8.91. The Morgan fingerprint density at radius 1 is 1.33 bits per heavy atom. The lowest BCUT2D eigenvalue weighted by Crippen LogP contribution is -2.28. The lowest BCUT2D eigenvalue weighted by Gasteiger charge is -2.09. The van der Waals surface area contributed by atoms with Gasteiger partial charge in [0.1, 0.15) is 5.69 Å². The predicted octanol–water partition coefficient (Wildman–Crippen LogP) is 4.04. The molecular formula is C19H21N3OS. The van der Waals surface area contributed by atoms with Crippen LogP contribution < -0.4 is 5.32 Å². The topological polar surface area (TPSA) is 46.9 Å². The summed E-state index contributed by atoms with van der Waals surface area (Å²) in [5, 5.41) is 5.07. The molecule has 0 radical (unpaired) electrons. The van der Waals surface area contributed by atoms with Gasteiger partial charge in [-0.15, -0.1) is 11.3 Å². The van der Waals surface area contributed by atoms with Crippen molar-refractivity contribution in [1.82, 2.24) is 14.9 Å². The third-order valence-electron chi connectivity index (χ3n) is 3.83. The molecule has 3 aromatic heterocycles. The van der Waals surface area contributed by atoms with E-state index in [1.54, 1.807) is 17.5 Å². The summed E-state index contributed by atoms with van der Waals surface area (Å²) in [6, 6.07) is 9.88. The lowest BCUT2D eigenvalue weighted by atomic mass is 10.2. The third kappa shape index (κ3) is 3.74. The molecule has 0 spiro atoms. The molecule has 0 atom stereocenters. The van der Waals surface area contributed by atoms with E-state index in [9.17, 15) is 4.79 Å². The van der Waals surface area contributed by atoms with Gasteiger partial charge in [0.15, 0.2) is 0 Å². The van der Waals surface area contributed by atoms with Crippen LogP contribution in [-0.4, -0.2) is 22.0 Å². The molecule has 0 aromatic carbocycles. The van der Waals surface area contributed by atoms with Crippen molar-refractivity contribution in [2.75, 3.05) is 6.54 Å². The maximum Gasteiger partial charge on any atom is 0.267 e. The molecule has 0 aliphatic rings. The first-order chi connectivity index (χ1) is 11.6. The zero-order valence-corrected chi connectivity index (χ0v) is 14.8. The summed E-state index contributed by atoms with van der Waals surface area (Å²) in [4.78, 5) is 16.9. The summed E-state index contributed by atoms with van der Waals surface area (Å²) < 4.78 is 3.22. The Bertz CT molecular complexity index is 857. The van der Waals surface area contributed by atoms with Crippen LogP contribution in [0, 0.1) is 0 Å². The van der Waals surface area contributed by atoms with Crippen LogP contribution in [0.25, 0.3) is 10.2 Å². The molecule has 0 saturated heterocycles. The molecule has 0 saturated carbocycles. The van der Waals surface area contributed by atoms with Gasteiger partial charge >= 0.3 is 0 Å². The second-order valence-electron chi connectivity index (χ2n) is 5.92. The normalized spacial score (nSPS) is 10.8. The molecule has 3 rings (SSSR count). The number of hydrogen-bond donors (Lipinski definition) is 1. The second-order valence-corrected chi connectivity index (χ2v) is 6.87. The number of fused-ring (bicyclic) bond motifs is 1. The number of aromatic nitrogens is 2. The van der Waals surface area contributed by atoms with Gasteiger partial charge in [-0.2, -0.15) is 0 Å². The second kappa shape index (κ2) is 7.45. The highest BCUT2D eigenvalue weighted by molar-refractivity contribution is 7.17. The number of amides is 1. The largest absolute Gasteiger partial charge is 0.350 e. The van der Waals surface area contributed by atoms with Crippen LogP contribution in [0.5, 0.6) is 0 Å². The van der Waals surface area contributed by atoms with E-state index < -0.39 is 0 Å². The van der Waals surface area contributed by atoms with Gasteiger partial charge in [0.2, 0.25) is 0 Å². The number of rotatable bonds is 6. The smallest absolute Gasteiger partial charge is 0.267 e. The molecule has 0 aliphatic heterocycles. The van der Waals surface area contributed by atoms with Crippen LogP contribution in [-0.2, 0) is 13.0 Å². The molecule has 0 bridgehead atoms. The lowest BCUT2D eigenvalue weighted by molar-refractivity contribution is 0.0945. The number of allylic oxidation sites excluding steroid dienone is 2. The Labute approximate surface area is 145 Å². The van der Waals surface area contributed by atoms with E-state index >= 15 is 0 Å². The first-order valence-electron chi connectivity index (χ1n) is 8.03. The van der Waals surface area contributed by atoms with Crippen molar-refractivity contribution in [1.29, 1.82) is 0 Å². The minimum atomic E-state index is -0.0310. The van der Waals surface area contributed by atoms with Crippen molar-refractivity contribution in [2.45, 2.75) is 26.8 Å². The maximum atomic E-state index is 12.6. The van der Waals surface area contributed by atoms with E-state index in [4.69, 9.17) is 0 Å². The van der Waals surface area contributed by atoms with Gasteiger partial charge in [-0.05, 0) is 43.5 Å². The SMILES string of the molecule is CC(C)=CCn1c(C(=O)NCCc2ccccn2)cc2sccc21. The van der Waals surface area contributed by atoms with Crippen molar-refractivity contribution in [3.05, 3.63) is 64.9 Å². The molecule has 3 heterocycles. The minimum Gasteiger partial charge on any atom is -0.350 e. The number of nitrogens with zero attached hydrogens (tertiary/aromatic N) is 2. The van der Waals surface area contributed by atoms with Gasteiger partial charge < -0.3 is 9.88 Å². The van der Waals surface area contributed by atoms with Crippen LogP contribution in [0.15, 0.2) is 53.6 Å². The average molecular weight is 339 g/mol. The molecule has 3 aromatic rings. The van der Waals surface area contributed by atoms with Crippen LogP contribution >= 0.6 is 11.3 Å². The van der Waals surface area contributed by atoms with Gasteiger partial charge in [-0.25, -0.2) is 0 Å². The zero-order chi connectivity index (χ0) is 16.9. The Morgan fingerprint density at radius 3 is 2.96 bits per heavy atom. The van der Waals surface area contributed by atoms with Gasteiger partial charge in [-0.1, -0.05) is 17.7 Å². The van der Waals surface area contributed by atoms with Gasteiger partial charge in [0.05, 0.1) is 10.2 Å². The number of thiophene rings is 1. The summed E-state index contributed by atoms with van der Waals surface area (Å²) in [6.45, 7) is 5.44. The number of carbonyl (C=O) groups excluding carboxylic acids is 1. The fourth-order valence-corrected chi connectivity index (χ4v) is 3.40. The van der Waals surface area contributed by atoms with E-state index in [0.717, 1.165) is 28.0 Å². The monoisotopic (exact) mass is 339 g/mol. The number of carbonyl (C=O) groups is 1. The Morgan fingerprint density at radius 2 is 2.21 bits per heavy atom. The number of pyridine rings is 1. The third-order valence-corrected chi connectivity index (χ3v) is 4.68. The van der Waals surface area contributed by atoms with Crippen molar-refractivity contribution in [2.24, 2.45) is 0 Å². The van der Waals surface area contributed by atoms with Gasteiger partial charge in [-0.3, -0.25) is 9.78 Å². The fourth-order valence-electron chi connectivity index (χ4n) is 2.58. The predicted molar refractivity (Wildman–Crippen MR) is 99.5 cm³/mol. The van der Waals surface area contributed by atoms with Crippen molar-refractivity contribution >= 4 is 27.5 Å². The first kappa shape index (κ1) is 16.5. The molecular weight excluding hydrogens is 318 g/mol. The van der Waals surface area contributed by atoms with Crippen molar-refractivity contribution in [3.63, 3.8) is 0 Å². The highest BCUT2D eigenvalue weighted by atomic mass is 32.1. The Balaban J connectivity index is 1.73. The van der Waals surface area contributed by atoms with E-state index in [0.29, 0.717) is 13.1 Å². The van der Waals surface area contributed by atoms with Crippen molar-refractivity contribution < 1.29 is 4.79 Å². The minimum absolute atomic E-state index is 0.0310. The van der Waals surface area contributed by atoms with E-state index in [-0.39, 0.29) is 5.91 Å². The van der Waals surface area contributed by atoms with Crippen LogP contribution in [0.4, 0.5) is 0 Å². The highest BCUT2D eigenvalue weighted by Crippen LogP contribution is 2.25. The molecule has 0 unspecified atom stereocenters. The van der Waals surface area contributed by atoms with Crippen LogP contribution in [0.3, 0.4) is 0 Å². The zero-order valence-electron chi connectivity index (χ0n) is 14.0. The summed E-state index contributed by atoms with van der Waals surface area (Å²) in [6.07, 6.45) is 4.65. The van der Waals surface area contributed by atoms with Crippen LogP contribution in [0.2, 0.25) is 0 Å². The standard InChI is InChI=1S/C19H21N3OS/c1-14(2)7-11-22-16-8-12-24-18(16)13-17(22)19(23)21-10-6-15-5-3-4-9-20-15/h3-5,7-9,12-13H,6,10-11H2,1-2H3,(H,21,23). The quantitative estimate of drug-likeness (QED) is 0.689. The fraction of sp³-hybridized carbons (Fsp3) is 0.263. The Kier molecular flexibility index (Phi) is 5.11. The summed E-state index contributed by atoms with van der Waals surface area (Å²) in [5.74, 6) is -0.0310. The van der Waals surface area contributed by atoms with Crippen LogP contribution in [0.1, 0.15) is 30.0 Å². The van der Waals surface area contributed by atoms with E-state index in [1.165, 1.54) is 5.57 Å². The molecule has 4 nitrogen and oxygen atoms in total. The van der Waals surface area contributed by atoms with Gasteiger partial charge in [0.25, 0.3) is 5.91 Å². The maximum absolute atomic E-state index is 12.6. The van der Waals surface area contributed by atoms with Gasteiger partial charge in [0, 0.05) is 31.4 Å². The summed E-state index contributed by atoms with van der Waals surface area (Å²) in [5.41, 5.74) is 4.06. The molecule has 1 N–H and O–H groups in total. The number of nitrogens with one attached hydrogen (secondary N) is 1. The average Bonchev–Trinajstić information content (AvgIpc) is 3.15. The van der Waals surface area contributed by atoms with E-state index in [2.05, 4.69) is 46.2 Å². The molecule has 5 heteroatoms. The molecule has 0 aliphatic carbocycles. The highest BCUT2D eigenvalue weighted by Gasteiger charge is 2.15. The molecule has 24 heavy (non-hydrogen) atoms. The van der Waals surface area contributed by atoms with Crippen molar-refractivity contribution in [3.8, 4) is 0 Å². The van der Waals surface area contributed by atoms with E-state index in [1.807, 2.05) is 24.3 Å².